The summed E-state index contributed by atoms with van der Waals surface area (Å²) in [5, 5.41) is 3.66. The molecule has 2 aliphatic heterocycles. The minimum Gasteiger partial charge on any atom is -0.374 e. The van der Waals surface area contributed by atoms with Crippen molar-refractivity contribution in [1.82, 2.24) is 15.1 Å². The van der Waals surface area contributed by atoms with Crippen LogP contribution in [0.2, 0.25) is 0 Å². The highest BCUT2D eigenvalue weighted by atomic mass is 16.5. The van der Waals surface area contributed by atoms with Crippen molar-refractivity contribution in [2.75, 3.05) is 52.9 Å². The fourth-order valence-corrected chi connectivity index (χ4v) is 2.90. The Hall–Kier alpha value is -0.160. The van der Waals surface area contributed by atoms with Gasteiger partial charge in [-0.25, -0.2) is 0 Å². The lowest BCUT2D eigenvalue weighted by molar-refractivity contribution is -0.0360. The van der Waals surface area contributed by atoms with Gasteiger partial charge in [-0.1, -0.05) is 13.8 Å². The SMILES string of the molecule is CC(C)C1CN(CC2CN(C)CCO2)CCCN1. The Balaban J connectivity index is 1.83. The highest BCUT2D eigenvalue weighted by Crippen LogP contribution is 2.11. The van der Waals surface area contributed by atoms with E-state index in [9.17, 15) is 0 Å². The average molecular weight is 255 g/mol. The molecule has 0 aromatic heterocycles. The molecule has 0 radical (unpaired) electrons. The van der Waals surface area contributed by atoms with Crippen molar-refractivity contribution in [3.8, 4) is 0 Å². The first kappa shape index (κ1) is 14.3. The molecule has 0 bridgehead atoms. The van der Waals surface area contributed by atoms with Crippen molar-refractivity contribution in [1.29, 1.82) is 0 Å². The van der Waals surface area contributed by atoms with E-state index >= 15 is 0 Å². The topological polar surface area (TPSA) is 27.7 Å². The quantitative estimate of drug-likeness (QED) is 0.801. The van der Waals surface area contributed by atoms with E-state index in [0.29, 0.717) is 18.1 Å². The molecule has 2 unspecified atom stereocenters. The molecule has 1 N–H and O–H groups in total. The van der Waals surface area contributed by atoms with Crippen LogP contribution in [0.25, 0.3) is 0 Å². The van der Waals surface area contributed by atoms with E-state index in [1.807, 2.05) is 0 Å². The average Bonchev–Trinajstić information content (AvgIpc) is 2.55. The molecule has 2 heterocycles. The summed E-state index contributed by atoms with van der Waals surface area (Å²) in [7, 11) is 2.19. The molecule has 2 saturated heterocycles. The van der Waals surface area contributed by atoms with E-state index in [-0.39, 0.29) is 0 Å². The zero-order valence-electron chi connectivity index (χ0n) is 12.2. The second-order valence-electron chi connectivity index (χ2n) is 6.17. The maximum Gasteiger partial charge on any atom is 0.0829 e. The number of nitrogens with zero attached hydrogens (tertiary/aromatic N) is 2. The van der Waals surface area contributed by atoms with Crippen LogP contribution < -0.4 is 5.32 Å². The van der Waals surface area contributed by atoms with Gasteiger partial charge in [0.1, 0.15) is 0 Å². The van der Waals surface area contributed by atoms with E-state index in [1.165, 1.54) is 19.5 Å². The molecule has 0 amide bonds. The van der Waals surface area contributed by atoms with Gasteiger partial charge in [-0.15, -0.1) is 0 Å². The van der Waals surface area contributed by atoms with Crippen molar-refractivity contribution >= 4 is 0 Å². The van der Waals surface area contributed by atoms with E-state index in [1.54, 1.807) is 0 Å². The van der Waals surface area contributed by atoms with Crippen molar-refractivity contribution in [2.24, 2.45) is 5.92 Å². The van der Waals surface area contributed by atoms with Crippen LogP contribution in [-0.4, -0.2) is 74.9 Å². The fourth-order valence-electron chi connectivity index (χ4n) is 2.90. The molecule has 0 aliphatic carbocycles. The van der Waals surface area contributed by atoms with Gasteiger partial charge >= 0.3 is 0 Å². The van der Waals surface area contributed by atoms with Crippen LogP contribution >= 0.6 is 0 Å². The molecule has 2 rings (SSSR count). The Labute approximate surface area is 112 Å². The Morgan fingerprint density at radius 3 is 2.83 bits per heavy atom. The van der Waals surface area contributed by atoms with Crippen molar-refractivity contribution in [3.63, 3.8) is 0 Å². The third-order valence-electron chi connectivity index (χ3n) is 4.12. The van der Waals surface area contributed by atoms with Gasteiger partial charge in [0.05, 0.1) is 12.7 Å². The predicted molar refractivity (Wildman–Crippen MR) is 74.9 cm³/mol. The van der Waals surface area contributed by atoms with Crippen LogP contribution in [0.4, 0.5) is 0 Å². The van der Waals surface area contributed by atoms with Gasteiger partial charge in [0.2, 0.25) is 0 Å². The molecular formula is C14H29N3O. The summed E-state index contributed by atoms with van der Waals surface area (Å²) in [4.78, 5) is 4.97. The number of nitrogens with one attached hydrogen (secondary N) is 1. The van der Waals surface area contributed by atoms with Crippen LogP contribution in [-0.2, 0) is 4.74 Å². The first-order chi connectivity index (χ1) is 8.65. The smallest absolute Gasteiger partial charge is 0.0829 e. The summed E-state index contributed by atoms with van der Waals surface area (Å²) >= 11 is 0. The second-order valence-corrected chi connectivity index (χ2v) is 6.17. The molecule has 4 nitrogen and oxygen atoms in total. The molecule has 2 aliphatic rings. The molecule has 4 heteroatoms. The minimum atomic E-state index is 0.398. The predicted octanol–water partition coefficient (Wildman–Crippen LogP) is 0.637. The van der Waals surface area contributed by atoms with Gasteiger partial charge in [0.15, 0.2) is 0 Å². The molecule has 106 valence electrons. The third kappa shape index (κ3) is 4.19. The molecule has 0 saturated carbocycles. The second kappa shape index (κ2) is 6.85. The Bertz CT molecular complexity index is 247. The number of rotatable bonds is 3. The summed E-state index contributed by atoms with van der Waals surface area (Å²) in [6.45, 7) is 12.3. The van der Waals surface area contributed by atoms with E-state index in [2.05, 4.69) is 36.0 Å². The Kier molecular flexibility index (Phi) is 5.42. The third-order valence-corrected chi connectivity index (χ3v) is 4.12. The zero-order valence-corrected chi connectivity index (χ0v) is 12.2. The molecule has 0 aromatic carbocycles. The molecule has 18 heavy (non-hydrogen) atoms. The van der Waals surface area contributed by atoms with E-state index < -0.39 is 0 Å². The highest BCUT2D eigenvalue weighted by molar-refractivity contribution is 4.81. The first-order valence-electron chi connectivity index (χ1n) is 7.41. The van der Waals surface area contributed by atoms with Gasteiger partial charge in [-0.2, -0.15) is 0 Å². The van der Waals surface area contributed by atoms with Gasteiger partial charge in [0.25, 0.3) is 0 Å². The molecule has 0 spiro atoms. The fraction of sp³-hybridized carbons (Fsp3) is 1.00. The molecule has 2 atom stereocenters. The maximum atomic E-state index is 5.88. The summed E-state index contributed by atoms with van der Waals surface area (Å²) < 4.78 is 5.88. The van der Waals surface area contributed by atoms with Crippen LogP contribution in [0.15, 0.2) is 0 Å². The van der Waals surface area contributed by atoms with Crippen LogP contribution in [0.3, 0.4) is 0 Å². The minimum absolute atomic E-state index is 0.398. The van der Waals surface area contributed by atoms with Crippen LogP contribution in [0.5, 0.6) is 0 Å². The Morgan fingerprint density at radius 1 is 1.28 bits per heavy atom. The Morgan fingerprint density at radius 2 is 2.11 bits per heavy atom. The van der Waals surface area contributed by atoms with Gasteiger partial charge < -0.3 is 15.0 Å². The van der Waals surface area contributed by atoms with Gasteiger partial charge in [0, 0.05) is 32.2 Å². The van der Waals surface area contributed by atoms with Crippen molar-refractivity contribution < 1.29 is 4.74 Å². The molecule has 2 fully saturated rings. The van der Waals surface area contributed by atoms with Crippen LogP contribution in [0.1, 0.15) is 20.3 Å². The number of hydrogen-bond acceptors (Lipinski definition) is 4. The van der Waals surface area contributed by atoms with Crippen molar-refractivity contribution in [2.45, 2.75) is 32.4 Å². The molecule has 0 aromatic rings. The van der Waals surface area contributed by atoms with Crippen LogP contribution in [0, 0.1) is 5.92 Å². The monoisotopic (exact) mass is 255 g/mol. The number of likely N-dealkylation sites (N-methyl/N-ethyl adjacent to an activating group) is 1. The van der Waals surface area contributed by atoms with E-state index in [0.717, 1.165) is 32.8 Å². The summed E-state index contributed by atoms with van der Waals surface area (Å²) in [5.74, 6) is 0.709. The number of morpholine rings is 1. The van der Waals surface area contributed by atoms with Crippen molar-refractivity contribution in [3.05, 3.63) is 0 Å². The lowest BCUT2D eigenvalue weighted by Crippen LogP contribution is -2.48. The number of hydrogen-bond donors (Lipinski definition) is 1. The largest absolute Gasteiger partial charge is 0.374 e. The molecular weight excluding hydrogens is 226 g/mol. The van der Waals surface area contributed by atoms with Gasteiger partial charge in [-0.05, 0) is 32.5 Å². The lowest BCUT2D eigenvalue weighted by atomic mass is 10.0. The summed E-state index contributed by atoms with van der Waals surface area (Å²) in [6, 6.07) is 0.633. The maximum absolute atomic E-state index is 5.88. The lowest BCUT2D eigenvalue weighted by Gasteiger charge is -2.34. The summed E-state index contributed by atoms with van der Waals surface area (Å²) in [6.07, 6.45) is 1.65. The number of ether oxygens (including phenoxy) is 1. The first-order valence-corrected chi connectivity index (χ1v) is 7.41. The standard InChI is InChI=1S/C14H29N3O/c1-12(2)14-11-17(6-4-5-15-14)10-13-9-16(3)7-8-18-13/h12-15H,4-11H2,1-3H3. The normalized spacial score (nSPS) is 32.7. The summed E-state index contributed by atoms with van der Waals surface area (Å²) in [5.41, 5.74) is 0. The van der Waals surface area contributed by atoms with Gasteiger partial charge in [-0.3, -0.25) is 4.90 Å². The van der Waals surface area contributed by atoms with E-state index in [4.69, 9.17) is 4.74 Å². The zero-order chi connectivity index (χ0) is 13.0. The highest BCUT2D eigenvalue weighted by Gasteiger charge is 2.24.